The highest BCUT2D eigenvalue weighted by molar-refractivity contribution is 5.73. The number of hydrogen-bond donors (Lipinski definition) is 0. The molecule has 0 amide bonds. The van der Waals surface area contributed by atoms with Gasteiger partial charge in [0.2, 0.25) is 17.1 Å². The lowest BCUT2D eigenvalue weighted by Gasteiger charge is -2.12. The Balaban J connectivity index is 0.00000461. The summed E-state index contributed by atoms with van der Waals surface area (Å²) in [6, 6.07) is 31.7. The van der Waals surface area contributed by atoms with Gasteiger partial charge in [-0.2, -0.15) is 4.57 Å². The fourth-order valence-corrected chi connectivity index (χ4v) is 5.94. The monoisotopic (exact) mass is 600 g/mol. The fraction of sp³-hybridized carbons (Fsp3) is 0.357. The Bertz CT molecular complexity index is 1550. The molecule has 3 heteroatoms. The van der Waals surface area contributed by atoms with E-state index in [9.17, 15) is 0 Å². The molecule has 0 unspecified atom stereocenters. The lowest BCUT2D eigenvalue weighted by atomic mass is 9.98. The molecule has 0 atom stereocenters. The summed E-state index contributed by atoms with van der Waals surface area (Å²) in [4.78, 5) is 0. The summed E-state index contributed by atoms with van der Waals surface area (Å²) >= 11 is 0. The summed E-state index contributed by atoms with van der Waals surface area (Å²) < 4.78 is 7.13. The van der Waals surface area contributed by atoms with Gasteiger partial charge < -0.3 is 0 Å². The van der Waals surface area contributed by atoms with Gasteiger partial charge in [-0.05, 0) is 57.0 Å². The van der Waals surface area contributed by atoms with Crippen molar-refractivity contribution >= 4 is 0 Å². The van der Waals surface area contributed by atoms with Gasteiger partial charge in [0.15, 0.2) is 24.8 Å². The van der Waals surface area contributed by atoms with Crippen LogP contribution in [0.4, 0.5) is 0 Å². The Labute approximate surface area is 272 Å². The van der Waals surface area contributed by atoms with E-state index in [1.54, 1.807) is 0 Å². The molecule has 3 nitrogen and oxygen atoms in total. The summed E-state index contributed by atoms with van der Waals surface area (Å²) in [5, 5.41) is 0. The number of nitrogens with zero attached hydrogens (tertiary/aromatic N) is 3. The van der Waals surface area contributed by atoms with Crippen LogP contribution in [0.15, 0.2) is 110 Å². The standard InChI is InChI=1S/C41H50N3.CH4/c1-5-7-9-11-25-42-28-23-39(24-29-42)44-40(35-19-15-33(3)16-20-35)30-38(31-41(44)36-21-17-34(4)18-22-36)37-14-13-27-43(32-37)26-12-10-8-6-2;/h13-24,27-32H,5-12,25-26H2,1-4H3;1H4/q+3;. The van der Waals surface area contributed by atoms with Crippen LogP contribution in [-0.2, 0) is 13.1 Å². The molecule has 0 aliphatic heterocycles. The smallest absolute Gasteiger partial charge is 0.205 e. The molecule has 0 aliphatic carbocycles. The van der Waals surface area contributed by atoms with Crippen LogP contribution in [0.5, 0.6) is 0 Å². The summed E-state index contributed by atoms with van der Waals surface area (Å²) in [6.07, 6.45) is 19.2. The van der Waals surface area contributed by atoms with E-state index in [0.29, 0.717) is 0 Å². The van der Waals surface area contributed by atoms with Gasteiger partial charge in [-0.3, -0.25) is 0 Å². The number of pyridine rings is 3. The molecule has 2 aromatic carbocycles. The van der Waals surface area contributed by atoms with Crippen molar-refractivity contribution in [2.45, 2.75) is 99.6 Å². The van der Waals surface area contributed by atoms with Crippen molar-refractivity contribution in [1.29, 1.82) is 0 Å². The average Bonchev–Trinajstić information content (AvgIpc) is 3.06. The molecule has 45 heavy (non-hydrogen) atoms. The molecule has 0 fully saturated rings. The van der Waals surface area contributed by atoms with E-state index in [1.807, 2.05) is 0 Å². The van der Waals surface area contributed by atoms with Crippen molar-refractivity contribution < 1.29 is 13.7 Å². The van der Waals surface area contributed by atoms with Crippen molar-refractivity contribution in [1.82, 2.24) is 0 Å². The quantitative estimate of drug-likeness (QED) is 0.0888. The minimum atomic E-state index is 0. The molecule has 0 bridgehead atoms. The van der Waals surface area contributed by atoms with E-state index in [1.165, 1.54) is 102 Å². The molecule has 5 rings (SSSR count). The first kappa shape index (κ1) is 33.8. The molecule has 0 radical (unpaired) electrons. The van der Waals surface area contributed by atoms with Crippen LogP contribution in [0, 0.1) is 13.8 Å². The van der Waals surface area contributed by atoms with Crippen molar-refractivity contribution in [2.75, 3.05) is 0 Å². The van der Waals surface area contributed by atoms with Crippen LogP contribution in [0.25, 0.3) is 39.3 Å². The number of unbranched alkanes of at least 4 members (excludes halogenated alkanes) is 6. The number of aromatic nitrogens is 3. The Morgan fingerprint density at radius 3 is 1.51 bits per heavy atom. The zero-order valence-electron chi connectivity index (χ0n) is 27.3. The number of benzene rings is 2. The van der Waals surface area contributed by atoms with Gasteiger partial charge in [-0.15, -0.1) is 0 Å². The molecule has 0 spiro atoms. The van der Waals surface area contributed by atoms with Crippen molar-refractivity contribution in [3.8, 4) is 39.3 Å². The first-order valence-corrected chi connectivity index (χ1v) is 16.8. The maximum Gasteiger partial charge on any atom is 0.223 e. The second-order valence-electron chi connectivity index (χ2n) is 12.3. The van der Waals surface area contributed by atoms with Gasteiger partial charge in [0.25, 0.3) is 0 Å². The van der Waals surface area contributed by atoms with E-state index < -0.39 is 0 Å². The predicted molar refractivity (Wildman–Crippen MR) is 189 cm³/mol. The third-order valence-electron chi connectivity index (χ3n) is 8.62. The minimum Gasteiger partial charge on any atom is -0.205 e. The second kappa shape index (κ2) is 16.8. The Hall–Kier alpha value is -4.11. The summed E-state index contributed by atoms with van der Waals surface area (Å²) in [7, 11) is 0. The molecule has 0 N–H and O–H groups in total. The van der Waals surface area contributed by atoms with Crippen LogP contribution in [0.2, 0.25) is 0 Å². The molecule has 0 aliphatic rings. The van der Waals surface area contributed by atoms with Crippen LogP contribution in [0.1, 0.15) is 83.8 Å². The zero-order chi connectivity index (χ0) is 30.7. The first-order valence-electron chi connectivity index (χ1n) is 16.8. The molecule has 3 heterocycles. The summed E-state index contributed by atoms with van der Waals surface area (Å²) in [5.74, 6) is 0. The first-order chi connectivity index (χ1) is 21.6. The minimum absolute atomic E-state index is 0. The SMILES string of the molecule is C.CCCCCC[n+]1ccc(-[n+]2c(-c3ccc(C)cc3)cc(-c3ccc[n+](CCCCCC)c3)cc2-c2ccc(C)cc2)cc1. The van der Waals surface area contributed by atoms with Crippen molar-refractivity contribution in [3.05, 3.63) is 121 Å². The Morgan fingerprint density at radius 1 is 0.489 bits per heavy atom. The topological polar surface area (TPSA) is 11.6 Å². The largest absolute Gasteiger partial charge is 0.223 e. The number of hydrogen-bond acceptors (Lipinski definition) is 0. The molecular weight excluding hydrogens is 546 g/mol. The van der Waals surface area contributed by atoms with Crippen LogP contribution >= 0.6 is 0 Å². The summed E-state index contributed by atoms with van der Waals surface area (Å²) in [5.41, 5.74) is 11.0. The zero-order valence-corrected chi connectivity index (χ0v) is 27.3. The van der Waals surface area contributed by atoms with Gasteiger partial charge in [-0.25, -0.2) is 9.13 Å². The molecule has 3 aromatic heterocycles. The Morgan fingerprint density at radius 2 is 1.00 bits per heavy atom. The number of aryl methyl sites for hydroxylation is 4. The molecular formula is C42H54N3+3. The van der Waals surface area contributed by atoms with E-state index >= 15 is 0 Å². The third kappa shape index (κ3) is 8.97. The maximum absolute atomic E-state index is 2.45. The normalized spacial score (nSPS) is 10.9. The van der Waals surface area contributed by atoms with Gasteiger partial charge in [0.1, 0.15) is 13.1 Å². The summed E-state index contributed by atoms with van der Waals surface area (Å²) in [6.45, 7) is 11.0. The van der Waals surface area contributed by atoms with Gasteiger partial charge >= 0.3 is 0 Å². The molecule has 0 saturated heterocycles. The van der Waals surface area contributed by atoms with E-state index in [-0.39, 0.29) is 7.43 Å². The third-order valence-corrected chi connectivity index (χ3v) is 8.62. The molecule has 0 saturated carbocycles. The van der Waals surface area contributed by atoms with Crippen LogP contribution in [0.3, 0.4) is 0 Å². The maximum atomic E-state index is 2.45. The highest BCUT2D eigenvalue weighted by Crippen LogP contribution is 2.30. The lowest BCUT2D eigenvalue weighted by molar-refractivity contribution is -0.698. The van der Waals surface area contributed by atoms with Gasteiger partial charge in [-0.1, -0.05) is 82.3 Å². The molecule has 5 aromatic rings. The van der Waals surface area contributed by atoms with Crippen molar-refractivity contribution in [2.24, 2.45) is 0 Å². The second-order valence-corrected chi connectivity index (χ2v) is 12.3. The van der Waals surface area contributed by atoms with E-state index in [0.717, 1.165) is 13.1 Å². The highest BCUT2D eigenvalue weighted by atomic mass is 15.0. The Kier molecular flexibility index (Phi) is 12.6. The van der Waals surface area contributed by atoms with Gasteiger partial charge in [0.05, 0.1) is 12.1 Å². The predicted octanol–water partition coefficient (Wildman–Crippen LogP) is 9.95. The fourth-order valence-electron chi connectivity index (χ4n) is 5.94. The van der Waals surface area contributed by atoms with Crippen molar-refractivity contribution in [3.63, 3.8) is 0 Å². The average molecular weight is 601 g/mol. The number of rotatable bonds is 14. The highest BCUT2D eigenvalue weighted by Gasteiger charge is 2.26. The van der Waals surface area contributed by atoms with E-state index in [4.69, 9.17) is 0 Å². The van der Waals surface area contributed by atoms with Gasteiger partial charge in [0, 0.05) is 53.3 Å². The molecule has 234 valence electrons. The van der Waals surface area contributed by atoms with Crippen LogP contribution < -0.4 is 13.7 Å². The van der Waals surface area contributed by atoms with E-state index in [2.05, 4.69) is 151 Å². The van der Waals surface area contributed by atoms with Crippen LogP contribution in [-0.4, -0.2) is 0 Å². The lowest BCUT2D eigenvalue weighted by Crippen LogP contribution is -2.39.